The molecule has 172 valence electrons. The number of piperidine rings is 1. The summed E-state index contributed by atoms with van der Waals surface area (Å²) in [6.07, 6.45) is 1.25. The Labute approximate surface area is 189 Å². The van der Waals surface area contributed by atoms with E-state index in [4.69, 9.17) is 9.47 Å². The summed E-state index contributed by atoms with van der Waals surface area (Å²) in [5.41, 5.74) is 0.476. The molecule has 0 radical (unpaired) electrons. The summed E-state index contributed by atoms with van der Waals surface area (Å²) in [4.78, 5) is 14.5. The van der Waals surface area contributed by atoms with Crippen LogP contribution in [-0.4, -0.2) is 46.8 Å². The zero-order valence-electron chi connectivity index (χ0n) is 18.6. The Kier molecular flexibility index (Phi) is 6.00. The molecule has 1 amide bonds. The van der Waals surface area contributed by atoms with Crippen LogP contribution in [0.25, 0.3) is 11.1 Å². The second-order valence-electron chi connectivity index (χ2n) is 9.44. The standard InChI is InChI=1S/C24H27F2NO4S/c1-24(2,3)31-23(28)27-11-17-18(12-27)19(17)13-30-22-20(25)9-15(10-21(22)26)14-5-7-16(8-6-14)32(4)29/h5-10,17-19H,11-13H2,1-4H3/t17-,18?,19?,32?/m0/s1. The molecule has 1 heterocycles. The first kappa shape index (κ1) is 22.7. The zero-order valence-corrected chi connectivity index (χ0v) is 19.4. The van der Waals surface area contributed by atoms with Crippen molar-refractivity contribution in [1.29, 1.82) is 0 Å². The fraction of sp³-hybridized carbons (Fsp3) is 0.458. The van der Waals surface area contributed by atoms with E-state index in [9.17, 15) is 17.8 Å². The Hall–Kier alpha value is -2.48. The summed E-state index contributed by atoms with van der Waals surface area (Å²) >= 11 is 0. The van der Waals surface area contributed by atoms with Crippen molar-refractivity contribution in [2.45, 2.75) is 31.3 Å². The third kappa shape index (κ3) is 4.80. The van der Waals surface area contributed by atoms with Crippen molar-refractivity contribution in [3.05, 3.63) is 48.0 Å². The van der Waals surface area contributed by atoms with Crippen LogP contribution in [-0.2, 0) is 15.5 Å². The molecule has 0 spiro atoms. The molecule has 8 heteroatoms. The molecular weight excluding hydrogens is 436 g/mol. The van der Waals surface area contributed by atoms with Crippen molar-refractivity contribution in [2.24, 2.45) is 17.8 Å². The molecule has 1 saturated heterocycles. The molecule has 1 aliphatic heterocycles. The quantitative estimate of drug-likeness (QED) is 0.636. The molecule has 4 rings (SSSR count). The van der Waals surface area contributed by atoms with Gasteiger partial charge in [0.05, 0.1) is 6.61 Å². The largest absolute Gasteiger partial charge is 0.487 e. The van der Waals surface area contributed by atoms with Crippen molar-refractivity contribution in [1.82, 2.24) is 4.90 Å². The van der Waals surface area contributed by atoms with Crippen molar-refractivity contribution in [3.63, 3.8) is 0 Å². The van der Waals surface area contributed by atoms with Gasteiger partial charge in [-0.15, -0.1) is 0 Å². The molecule has 0 aromatic heterocycles. The topological polar surface area (TPSA) is 55.8 Å². The van der Waals surface area contributed by atoms with Crippen molar-refractivity contribution < 1.29 is 27.3 Å². The van der Waals surface area contributed by atoms with E-state index in [-0.39, 0.29) is 36.2 Å². The highest BCUT2D eigenvalue weighted by Gasteiger charge is 2.57. The van der Waals surface area contributed by atoms with Crippen LogP contribution in [0.2, 0.25) is 0 Å². The molecule has 0 bridgehead atoms. The Balaban J connectivity index is 1.35. The van der Waals surface area contributed by atoms with Crippen LogP contribution in [0.5, 0.6) is 5.75 Å². The summed E-state index contributed by atoms with van der Waals surface area (Å²) in [5.74, 6) is -1.18. The minimum absolute atomic E-state index is 0.176. The SMILES string of the molecule is CS(=O)c1ccc(-c2cc(F)c(OCC3C4CN(C(=O)OC(C)(C)C)C[C@H]34)c(F)c2)cc1. The Bertz CT molecular complexity index is 1020. The monoisotopic (exact) mass is 463 g/mol. The van der Waals surface area contributed by atoms with Crippen molar-refractivity contribution in [3.8, 4) is 16.9 Å². The minimum atomic E-state index is -1.12. The van der Waals surface area contributed by atoms with Gasteiger partial charge in [0.15, 0.2) is 17.4 Å². The van der Waals surface area contributed by atoms with Gasteiger partial charge in [0, 0.05) is 41.0 Å². The maximum absolute atomic E-state index is 14.6. The average Bonchev–Trinajstić information content (AvgIpc) is 3.14. The second kappa shape index (κ2) is 8.46. The number of benzene rings is 2. The average molecular weight is 464 g/mol. The number of fused-ring (bicyclic) bond motifs is 1. The van der Waals surface area contributed by atoms with Gasteiger partial charge < -0.3 is 14.4 Å². The molecule has 5 nitrogen and oxygen atoms in total. The highest BCUT2D eigenvalue weighted by atomic mass is 32.2. The second-order valence-corrected chi connectivity index (χ2v) is 10.8. The fourth-order valence-corrected chi connectivity index (χ4v) is 4.77. The van der Waals surface area contributed by atoms with Gasteiger partial charge in [-0.3, -0.25) is 4.21 Å². The molecular formula is C24H27F2NO4S. The molecule has 2 fully saturated rings. The van der Waals surface area contributed by atoms with E-state index in [1.807, 2.05) is 20.8 Å². The molecule has 2 aromatic rings. The third-order valence-electron chi connectivity index (χ3n) is 5.96. The van der Waals surface area contributed by atoms with Crippen LogP contribution in [0.4, 0.5) is 13.6 Å². The molecule has 0 N–H and O–H groups in total. The Morgan fingerprint density at radius 2 is 1.62 bits per heavy atom. The van der Waals surface area contributed by atoms with E-state index in [1.165, 1.54) is 12.1 Å². The summed E-state index contributed by atoms with van der Waals surface area (Å²) in [6, 6.07) is 9.22. The van der Waals surface area contributed by atoms with Gasteiger partial charge in [-0.05, 0) is 68.0 Å². The number of carbonyl (C=O) groups is 1. The van der Waals surface area contributed by atoms with Crippen LogP contribution in [0.3, 0.4) is 0 Å². The van der Waals surface area contributed by atoms with E-state index >= 15 is 0 Å². The molecule has 1 aliphatic carbocycles. The summed E-state index contributed by atoms with van der Waals surface area (Å²) in [5, 5.41) is 0. The first-order valence-electron chi connectivity index (χ1n) is 10.6. The van der Waals surface area contributed by atoms with Gasteiger partial charge in [-0.2, -0.15) is 0 Å². The first-order chi connectivity index (χ1) is 15.0. The van der Waals surface area contributed by atoms with E-state index in [0.717, 1.165) is 0 Å². The predicted octanol–water partition coefficient (Wildman–Crippen LogP) is 4.86. The summed E-state index contributed by atoms with van der Waals surface area (Å²) in [6.45, 7) is 6.85. The van der Waals surface area contributed by atoms with Crippen molar-refractivity contribution in [2.75, 3.05) is 26.0 Å². The lowest BCUT2D eigenvalue weighted by Crippen LogP contribution is -2.37. The number of hydrogen-bond donors (Lipinski definition) is 0. The van der Waals surface area contributed by atoms with Crippen LogP contribution in [0.1, 0.15) is 20.8 Å². The molecule has 3 unspecified atom stereocenters. The number of amides is 1. The number of halogens is 2. The fourth-order valence-electron chi connectivity index (χ4n) is 4.26. The maximum Gasteiger partial charge on any atom is 0.410 e. The van der Waals surface area contributed by atoms with Gasteiger partial charge >= 0.3 is 6.09 Å². The van der Waals surface area contributed by atoms with Gasteiger partial charge in [0.25, 0.3) is 0 Å². The third-order valence-corrected chi connectivity index (χ3v) is 6.90. The summed E-state index contributed by atoms with van der Waals surface area (Å²) in [7, 11) is -1.12. The van der Waals surface area contributed by atoms with Gasteiger partial charge in [0.2, 0.25) is 0 Å². The van der Waals surface area contributed by atoms with Crippen LogP contribution < -0.4 is 4.74 Å². The minimum Gasteiger partial charge on any atom is -0.487 e. The van der Waals surface area contributed by atoms with Crippen LogP contribution in [0, 0.1) is 29.4 Å². The number of carbonyl (C=O) groups excluding carboxylic acids is 1. The molecule has 1 saturated carbocycles. The van der Waals surface area contributed by atoms with E-state index in [0.29, 0.717) is 29.1 Å². The summed E-state index contributed by atoms with van der Waals surface area (Å²) < 4.78 is 51.6. The van der Waals surface area contributed by atoms with E-state index in [1.54, 1.807) is 35.4 Å². The van der Waals surface area contributed by atoms with Gasteiger partial charge in [-0.1, -0.05) is 12.1 Å². The van der Waals surface area contributed by atoms with Gasteiger partial charge in [0.1, 0.15) is 5.60 Å². The Morgan fingerprint density at radius 1 is 1.06 bits per heavy atom. The highest BCUT2D eigenvalue weighted by Crippen LogP contribution is 2.52. The maximum atomic E-state index is 14.6. The van der Waals surface area contributed by atoms with E-state index < -0.39 is 28.0 Å². The van der Waals surface area contributed by atoms with Crippen molar-refractivity contribution >= 4 is 16.9 Å². The Morgan fingerprint density at radius 3 is 2.12 bits per heavy atom. The lowest BCUT2D eigenvalue weighted by Gasteiger charge is -2.25. The normalized spacial score (nSPS) is 22.9. The lowest BCUT2D eigenvalue weighted by molar-refractivity contribution is 0.0260. The highest BCUT2D eigenvalue weighted by molar-refractivity contribution is 7.84. The van der Waals surface area contributed by atoms with Gasteiger partial charge in [-0.25, -0.2) is 13.6 Å². The smallest absolute Gasteiger partial charge is 0.410 e. The molecule has 4 atom stereocenters. The lowest BCUT2D eigenvalue weighted by atomic mass is 10.1. The number of likely N-dealkylation sites (tertiary alicyclic amines) is 1. The molecule has 32 heavy (non-hydrogen) atoms. The zero-order chi connectivity index (χ0) is 23.2. The van der Waals surface area contributed by atoms with Crippen LogP contribution in [0.15, 0.2) is 41.3 Å². The molecule has 2 aromatic carbocycles. The predicted molar refractivity (Wildman–Crippen MR) is 118 cm³/mol. The van der Waals surface area contributed by atoms with Crippen LogP contribution >= 0.6 is 0 Å². The number of rotatable bonds is 5. The number of hydrogen-bond acceptors (Lipinski definition) is 4. The van der Waals surface area contributed by atoms with E-state index in [2.05, 4.69) is 0 Å². The number of ether oxygens (including phenoxy) is 2. The number of nitrogens with zero attached hydrogens (tertiary/aromatic N) is 1. The molecule has 2 aliphatic rings. The first-order valence-corrected chi connectivity index (χ1v) is 12.1.